The number of carbonyl (C=O) groups excluding carboxylic acids is 1. The molecule has 7 nitrogen and oxygen atoms in total. The molecule has 30 heavy (non-hydrogen) atoms. The Bertz CT molecular complexity index is 1110. The fourth-order valence-corrected chi connectivity index (χ4v) is 3.59. The van der Waals surface area contributed by atoms with Gasteiger partial charge in [0.05, 0.1) is 10.9 Å². The summed E-state index contributed by atoms with van der Waals surface area (Å²) in [5.74, 6) is -2.34. The molecule has 0 bridgehead atoms. The number of benzene rings is 1. The predicted molar refractivity (Wildman–Crippen MR) is 101 cm³/mol. The summed E-state index contributed by atoms with van der Waals surface area (Å²) in [6.07, 6.45) is 0.799. The number of aromatic nitrogens is 2. The number of nitrogens with zero attached hydrogens (tertiary/aromatic N) is 1. The van der Waals surface area contributed by atoms with Gasteiger partial charge in [0, 0.05) is 12.3 Å². The van der Waals surface area contributed by atoms with Crippen molar-refractivity contribution in [1.29, 1.82) is 0 Å². The van der Waals surface area contributed by atoms with Gasteiger partial charge < -0.3 is 5.32 Å². The Hall–Kier alpha value is -2.41. The SMILES string of the molecule is CC(C)C(NC(=O)c1cc(=O)[nH]c(S(C)(=O)=O)n1)c1ccc(SC(F)(F)F)c(F)c1. The first-order valence-electron chi connectivity index (χ1n) is 8.35. The molecule has 0 aliphatic heterocycles. The lowest BCUT2D eigenvalue weighted by Gasteiger charge is -2.23. The number of hydrogen-bond acceptors (Lipinski definition) is 6. The Morgan fingerprint density at radius 2 is 1.87 bits per heavy atom. The van der Waals surface area contributed by atoms with Crippen LogP contribution in [-0.4, -0.2) is 36.1 Å². The Morgan fingerprint density at radius 1 is 1.23 bits per heavy atom. The minimum atomic E-state index is -4.66. The van der Waals surface area contributed by atoms with Crippen LogP contribution < -0.4 is 10.9 Å². The number of rotatable bonds is 6. The number of hydrogen-bond donors (Lipinski definition) is 2. The Labute approximate surface area is 173 Å². The lowest BCUT2D eigenvalue weighted by molar-refractivity contribution is -0.0329. The van der Waals surface area contributed by atoms with Gasteiger partial charge in [0.15, 0.2) is 0 Å². The molecule has 1 amide bonds. The molecule has 0 aliphatic rings. The molecular weight excluding hydrogens is 450 g/mol. The van der Waals surface area contributed by atoms with Crippen molar-refractivity contribution in [3.63, 3.8) is 0 Å². The van der Waals surface area contributed by atoms with Gasteiger partial charge in [-0.05, 0) is 35.4 Å². The second-order valence-electron chi connectivity index (χ2n) is 6.64. The highest BCUT2D eigenvalue weighted by molar-refractivity contribution is 8.00. The van der Waals surface area contributed by atoms with Crippen LogP contribution in [0.4, 0.5) is 17.6 Å². The Balaban J connectivity index is 2.35. The van der Waals surface area contributed by atoms with E-state index in [9.17, 15) is 35.6 Å². The van der Waals surface area contributed by atoms with Crippen molar-refractivity contribution in [2.75, 3.05) is 6.26 Å². The van der Waals surface area contributed by atoms with E-state index in [0.717, 1.165) is 24.5 Å². The number of nitrogens with one attached hydrogen (secondary N) is 2. The van der Waals surface area contributed by atoms with Crippen LogP contribution in [0.15, 0.2) is 39.1 Å². The molecule has 1 aromatic heterocycles. The molecule has 13 heteroatoms. The van der Waals surface area contributed by atoms with Crippen LogP contribution >= 0.6 is 11.8 Å². The average molecular weight is 467 g/mol. The third-order valence-electron chi connectivity index (χ3n) is 3.80. The molecule has 0 aliphatic carbocycles. The molecular formula is C17H17F4N3O4S2. The third-order valence-corrected chi connectivity index (χ3v) is 5.48. The minimum Gasteiger partial charge on any atom is -0.344 e. The van der Waals surface area contributed by atoms with Gasteiger partial charge in [-0.15, -0.1) is 0 Å². The maximum Gasteiger partial charge on any atom is 0.446 e. The molecule has 2 aromatic rings. The van der Waals surface area contributed by atoms with E-state index in [-0.39, 0.29) is 11.5 Å². The Kier molecular flexibility index (Phi) is 6.97. The predicted octanol–water partition coefficient (Wildman–Crippen LogP) is 3.05. The van der Waals surface area contributed by atoms with Crippen molar-refractivity contribution in [2.45, 2.75) is 35.4 Å². The molecule has 164 valence electrons. The van der Waals surface area contributed by atoms with Gasteiger partial charge in [-0.2, -0.15) is 13.2 Å². The van der Waals surface area contributed by atoms with Gasteiger partial charge in [-0.3, -0.25) is 14.6 Å². The summed E-state index contributed by atoms with van der Waals surface area (Å²) in [7, 11) is -3.89. The van der Waals surface area contributed by atoms with E-state index in [1.54, 1.807) is 13.8 Å². The van der Waals surface area contributed by atoms with E-state index in [1.807, 2.05) is 4.98 Å². The molecule has 0 saturated carbocycles. The maximum atomic E-state index is 14.1. The van der Waals surface area contributed by atoms with Crippen LogP contribution in [0.2, 0.25) is 0 Å². The lowest BCUT2D eigenvalue weighted by Crippen LogP contribution is -2.33. The van der Waals surface area contributed by atoms with E-state index in [4.69, 9.17) is 0 Å². The second kappa shape index (κ2) is 8.76. The Morgan fingerprint density at radius 3 is 2.37 bits per heavy atom. The number of amides is 1. The highest BCUT2D eigenvalue weighted by Crippen LogP contribution is 2.39. The van der Waals surface area contributed by atoms with E-state index >= 15 is 0 Å². The van der Waals surface area contributed by atoms with E-state index in [2.05, 4.69) is 10.3 Å². The van der Waals surface area contributed by atoms with Gasteiger partial charge in [-0.1, -0.05) is 19.9 Å². The van der Waals surface area contributed by atoms with Crippen LogP contribution in [0.1, 0.15) is 35.9 Å². The highest BCUT2D eigenvalue weighted by Gasteiger charge is 2.31. The van der Waals surface area contributed by atoms with Crippen molar-refractivity contribution in [2.24, 2.45) is 5.92 Å². The first kappa shape index (κ1) is 23.9. The fraction of sp³-hybridized carbons (Fsp3) is 0.353. The van der Waals surface area contributed by atoms with Crippen LogP contribution in [-0.2, 0) is 9.84 Å². The first-order valence-corrected chi connectivity index (χ1v) is 11.1. The number of sulfone groups is 1. The minimum absolute atomic E-state index is 0.190. The zero-order valence-electron chi connectivity index (χ0n) is 15.9. The molecule has 1 atom stereocenters. The molecule has 0 radical (unpaired) electrons. The molecule has 1 heterocycles. The molecule has 2 N–H and O–H groups in total. The number of aromatic amines is 1. The summed E-state index contributed by atoms with van der Waals surface area (Å²) in [5.41, 5.74) is -5.81. The number of halogens is 4. The van der Waals surface area contributed by atoms with Crippen molar-refractivity contribution in [3.8, 4) is 0 Å². The molecule has 1 aromatic carbocycles. The smallest absolute Gasteiger partial charge is 0.344 e. The van der Waals surface area contributed by atoms with Gasteiger partial charge in [0.25, 0.3) is 11.5 Å². The number of H-pyrrole nitrogens is 1. The topological polar surface area (TPSA) is 109 Å². The third kappa shape index (κ3) is 6.29. The van der Waals surface area contributed by atoms with Crippen LogP contribution in [0, 0.1) is 11.7 Å². The van der Waals surface area contributed by atoms with Crippen molar-refractivity contribution < 1.29 is 30.8 Å². The van der Waals surface area contributed by atoms with Gasteiger partial charge in [-0.25, -0.2) is 17.8 Å². The molecule has 1 unspecified atom stereocenters. The molecule has 2 rings (SSSR count). The largest absolute Gasteiger partial charge is 0.446 e. The molecule has 0 spiro atoms. The summed E-state index contributed by atoms with van der Waals surface area (Å²) in [6, 6.07) is 3.03. The zero-order chi connectivity index (χ0) is 22.9. The van der Waals surface area contributed by atoms with Crippen LogP contribution in [0.5, 0.6) is 0 Å². The number of alkyl halides is 3. The normalized spacial score (nSPS) is 13.3. The standard InChI is InChI=1S/C17H17F4N3O4S2/c1-8(2)14(9-4-5-12(10(18)6-9)29-17(19,20)21)24-15(26)11-7-13(25)23-16(22-11)30(3,27)28/h4-8,14H,1-3H3,(H,24,26)(H,22,23,25). The van der Waals surface area contributed by atoms with E-state index < -0.39 is 66.2 Å². The summed E-state index contributed by atoms with van der Waals surface area (Å²) >= 11 is -0.595. The van der Waals surface area contributed by atoms with E-state index in [0.29, 0.717) is 0 Å². The average Bonchev–Trinajstić information content (AvgIpc) is 2.58. The van der Waals surface area contributed by atoms with Gasteiger partial charge in [0.2, 0.25) is 15.0 Å². The van der Waals surface area contributed by atoms with Crippen molar-refractivity contribution in [3.05, 3.63) is 51.7 Å². The van der Waals surface area contributed by atoms with Crippen LogP contribution in [0.3, 0.4) is 0 Å². The number of thioether (sulfide) groups is 1. The molecule has 0 fully saturated rings. The quantitative estimate of drug-likeness (QED) is 0.384. The lowest BCUT2D eigenvalue weighted by atomic mass is 9.95. The van der Waals surface area contributed by atoms with Crippen molar-refractivity contribution in [1.82, 2.24) is 15.3 Å². The summed E-state index contributed by atoms with van der Waals surface area (Å²) in [6.45, 7) is 3.35. The molecule has 0 saturated heterocycles. The first-order chi connectivity index (χ1) is 13.7. The van der Waals surface area contributed by atoms with Gasteiger partial charge in [0.1, 0.15) is 11.5 Å². The maximum absolute atomic E-state index is 14.1. The monoisotopic (exact) mass is 467 g/mol. The van der Waals surface area contributed by atoms with Crippen molar-refractivity contribution >= 4 is 27.5 Å². The zero-order valence-corrected chi connectivity index (χ0v) is 17.5. The summed E-state index contributed by atoms with van der Waals surface area (Å²) in [5, 5.41) is 1.81. The second-order valence-corrected chi connectivity index (χ2v) is 9.68. The number of carbonyl (C=O) groups is 1. The van der Waals surface area contributed by atoms with Gasteiger partial charge >= 0.3 is 5.51 Å². The van der Waals surface area contributed by atoms with Crippen LogP contribution in [0.25, 0.3) is 0 Å². The summed E-state index contributed by atoms with van der Waals surface area (Å²) < 4.78 is 74.8. The van der Waals surface area contributed by atoms with E-state index in [1.165, 1.54) is 6.07 Å². The fourth-order valence-electron chi connectivity index (χ4n) is 2.50. The highest BCUT2D eigenvalue weighted by atomic mass is 32.2. The summed E-state index contributed by atoms with van der Waals surface area (Å²) in [4.78, 5) is 29.2.